The Kier molecular flexibility index (Phi) is 5.33. The summed E-state index contributed by atoms with van der Waals surface area (Å²) in [5.41, 5.74) is 1.76. The SMILES string of the molecule is CC(CSc1ccccc1)C(=O)Nc1ccc(-n2cccn2)cc1. The van der Waals surface area contributed by atoms with Crippen molar-refractivity contribution < 1.29 is 4.79 Å². The zero-order valence-electron chi connectivity index (χ0n) is 13.4. The van der Waals surface area contributed by atoms with Crippen LogP contribution in [-0.4, -0.2) is 21.4 Å². The number of rotatable bonds is 6. The molecule has 0 saturated carbocycles. The quantitative estimate of drug-likeness (QED) is 0.684. The lowest BCUT2D eigenvalue weighted by Gasteiger charge is -2.12. The highest BCUT2D eigenvalue weighted by Crippen LogP contribution is 2.21. The molecular weight excluding hydrogens is 318 g/mol. The van der Waals surface area contributed by atoms with Crippen molar-refractivity contribution in [3.05, 3.63) is 73.1 Å². The summed E-state index contributed by atoms with van der Waals surface area (Å²) in [6.45, 7) is 1.95. The first kappa shape index (κ1) is 16.3. The molecule has 0 bridgehead atoms. The lowest BCUT2D eigenvalue weighted by atomic mass is 10.2. The molecule has 3 rings (SSSR count). The Balaban J connectivity index is 1.54. The fourth-order valence-corrected chi connectivity index (χ4v) is 3.14. The molecule has 122 valence electrons. The van der Waals surface area contributed by atoms with Gasteiger partial charge in [0.05, 0.1) is 5.69 Å². The molecule has 1 N–H and O–H groups in total. The van der Waals surface area contributed by atoms with Crippen molar-refractivity contribution in [1.82, 2.24) is 9.78 Å². The zero-order chi connectivity index (χ0) is 16.8. The monoisotopic (exact) mass is 337 g/mol. The molecule has 0 spiro atoms. The molecular formula is C19H19N3OS. The van der Waals surface area contributed by atoms with Crippen LogP contribution in [0, 0.1) is 5.92 Å². The molecule has 4 nitrogen and oxygen atoms in total. The minimum Gasteiger partial charge on any atom is -0.326 e. The van der Waals surface area contributed by atoms with E-state index in [1.54, 1.807) is 22.6 Å². The van der Waals surface area contributed by atoms with Gasteiger partial charge in [-0.25, -0.2) is 4.68 Å². The van der Waals surface area contributed by atoms with Crippen molar-refractivity contribution in [3.63, 3.8) is 0 Å². The summed E-state index contributed by atoms with van der Waals surface area (Å²) < 4.78 is 1.78. The molecule has 0 radical (unpaired) electrons. The molecule has 5 heteroatoms. The normalized spacial score (nSPS) is 11.9. The van der Waals surface area contributed by atoms with E-state index in [1.165, 1.54) is 4.90 Å². The topological polar surface area (TPSA) is 46.9 Å². The number of hydrogen-bond donors (Lipinski definition) is 1. The van der Waals surface area contributed by atoms with Gasteiger partial charge in [-0.3, -0.25) is 4.79 Å². The number of benzene rings is 2. The van der Waals surface area contributed by atoms with E-state index in [0.717, 1.165) is 17.1 Å². The van der Waals surface area contributed by atoms with E-state index >= 15 is 0 Å². The van der Waals surface area contributed by atoms with Gasteiger partial charge in [-0.15, -0.1) is 11.8 Å². The lowest BCUT2D eigenvalue weighted by molar-refractivity contribution is -0.118. The molecule has 0 aliphatic rings. The largest absolute Gasteiger partial charge is 0.326 e. The van der Waals surface area contributed by atoms with Crippen molar-refractivity contribution in [1.29, 1.82) is 0 Å². The number of anilines is 1. The molecule has 1 heterocycles. The molecule has 0 aliphatic carbocycles. The zero-order valence-corrected chi connectivity index (χ0v) is 14.2. The summed E-state index contributed by atoms with van der Waals surface area (Å²) in [4.78, 5) is 13.5. The number of thioether (sulfide) groups is 1. The van der Waals surface area contributed by atoms with Crippen LogP contribution in [0.5, 0.6) is 0 Å². The van der Waals surface area contributed by atoms with Gasteiger partial charge in [0.2, 0.25) is 5.91 Å². The number of aromatic nitrogens is 2. The molecule has 1 aromatic heterocycles. The van der Waals surface area contributed by atoms with Gasteiger partial charge in [0.25, 0.3) is 0 Å². The summed E-state index contributed by atoms with van der Waals surface area (Å²) in [7, 11) is 0. The molecule has 1 amide bonds. The van der Waals surface area contributed by atoms with Crippen LogP contribution in [0.25, 0.3) is 5.69 Å². The third kappa shape index (κ3) is 4.26. The molecule has 1 atom stereocenters. The number of carbonyl (C=O) groups is 1. The third-order valence-corrected chi connectivity index (χ3v) is 4.87. The number of nitrogens with one attached hydrogen (secondary N) is 1. The second kappa shape index (κ2) is 7.84. The second-order valence-electron chi connectivity index (χ2n) is 5.51. The molecule has 3 aromatic rings. The maximum Gasteiger partial charge on any atom is 0.228 e. The first-order valence-electron chi connectivity index (χ1n) is 7.81. The Morgan fingerprint density at radius 2 is 1.88 bits per heavy atom. The standard InChI is InChI=1S/C19H19N3OS/c1-15(14-24-18-6-3-2-4-7-18)19(23)21-16-8-10-17(11-9-16)22-13-5-12-20-22/h2-13,15H,14H2,1H3,(H,21,23). The molecule has 2 aromatic carbocycles. The summed E-state index contributed by atoms with van der Waals surface area (Å²) in [6, 6.07) is 19.7. The summed E-state index contributed by atoms with van der Waals surface area (Å²) >= 11 is 1.70. The molecule has 1 unspecified atom stereocenters. The van der Waals surface area contributed by atoms with Gasteiger partial charge in [-0.2, -0.15) is 5.10 Å². The molecule has 24 heavy (non-hydrogen) atoms. The molecule has 0 fully saturated rings. The average Bonchev–Trinajstić information content (AvgIpc) is 3.16. The van der Waals surface area contributed by atoms with E-state index in [2.05, 4.69) is 22.5 Å². The van der Waals surface area contributed by atoms with Gasteiger partial charge in [0.1, 0.15) is 0 Å². The van der Waals surface area contributed by atoms with Gasteiger partial charge in [0.15, 0.2) is 0 Å². The van der Waals surface area contributed by atoms with Crippen molar-refractivity contribution in [2.24, 2.45) is 5.92 Å². The van der Waals surface area contributed by atoms with Crippen molar-refractivity contribution in [2.75, 3.05) is 11.1 Å². The number of nitrogens with zero attached hydrogens (tertiary/aromatic N) is 2. The van der Waals surface area contributed by atoms with Gasteiger partial charge in [0, 0.05) is 34.6 Å². The maximum absolute atomic E-state index is 12.3. The van der Waals surface area contributed by atoms with Crippen LogP contribution >= 0.6 is 11.8 Å². The van der Waals surface area contributed by atoms with Crippen molar-refractivity contribution in [3.8, 4) is 5.69 Å². The van der Waals surface area contributed by atoms with Crippen LogP contribution in [0.2, 0.25) is 0 Å². The Morgan fingerprint density at radius 3 is 2.54 bits per heavy atom. The second-order valence-corrected chi connectivity index (χ2v) is 6.61. The van der Waals surface area contributed by atoms with Crippen LogP contribution in [0.3, 0.4) is 0 Å². The van der Waals surface area contributed by atoms with Crippen LogP contribution in [0.1, 0.15) is 6.92 Å². The van der Waals surface area contributed by atoms with Crippen LogP contribution in [0.4, 0.5) is 5.69 Å². The number of hydrogen-bond acceptors (Lipinski definition) is 3. The Hall–Kier alpha value is -2.53. The highest BCUT2D eigenvalue weighted by Gasteiger charge is 2.13. The fourth-order valence-electron chi connectivity index (χ4n) is 2.20. The van der Waals surface area contributed by atoms with Crippen molar-refractivity contribution >= 4 is 23.4 Å². The fraction of sp³-hybridized carbons (Fsp3) is 0.158. The third-order valence-electron chi connectivity index (χ3n) is 3.59. The van der Waals surface area contributed by atoms with Gasteiger partial charge in [-0.1, -0.05) is 25.1 Å². The van der Waals surface area contributed by atoms with E-state index in [0.29, 0.717) is 0 Å². The van der Waals surface area contributed by atoms with Crippen LogP contribution in [-0.2, 0) is 4.79 Å². The van der Waals surface area contributed by atoms with E-state index < -0.39 is 0 Å². The predicted octanol–water partition coefficient (Wildman–Crippen LogP) is 4.24. The first-order valence-corrected chi connectivity index (χ1v) is 8.80. The lowest BCUT2D eigenvalue weighted by Crippen LogP contribution is -2.22. The van der Waals surface area contributed by atoms with E-state index in [4.69, 9.17) is 0 Å². The van der Waals surface area contributed by atoms with Crippen LogP contribution in [0.15, 0.2) is 78.0 Å². The highest BCUT2D eigenvalue weighted by molar-refractivity contribution is 7.99. The average molecular weight is 337 g/mol. The van der Waals surface area contributed by atoms with Gasteiger partial charge < -0.3 is 5.32 Å². The first-order chi connectivity index (χ1) is 11.7. The minimum absolute atomic E-state index is 0.0327. The van der Waals surface area contributed by atoms with Crippen LogP contribution < -0.4 is 5.32 Å². The summed E-state index contributed by atoms with van der Waals surface area (Å²) in [5.74, 6) is 0.715. The summed E-state index contributed by atoms with van der Waals surface area (Å²) in [5, 5.41) is 7.15. The minimum atomic E-state index is -0.0685. The Morgan fingerprint density at radius 1 is 1.12 bits per heavy atom. The number of carbonyl (C=O) groups excluding carboxylic acids is 1. The van der Waals surface area contributed by atoms with E-state index in [1.807, 2.05) is 61.7 Å². The van der Waals surface area contributed by atoms with E-state index in [9.17, 15) is 4.79 Å². The smallest absolute Gasteiger partial charge is 0.228 e. The van der Waals surface area contributed by atoms with Gasteiger partial charge in [-0.05, 0) is 42.5 Å². The molecule has 0 aliphatic heterocycles. The Bertz CT molecular complexity index is 770. The summed E-state index contributed by atoms with van der Waals surface area (Å²) in [6.07, 6.45) is 3.62. The predicted molar refractivity (Wildman–Crippen MR) is 98.5 cm³/mol. The van der Waals surface area contributed by atoms with Crippen molar-refractivity contribution in [2.45, 2.75) is 11.8 Å². The van der Waals surface area contributed by atoms with E-state index in [-0.39, 0.29) is 11.8 Å². The maximum atomic E-state index is 12.3. The van der Waals surface area contributed by atoms with Gasteiger partial charge >= 0.3 is 0 Å². The highest BCUT2D eigenvalue weighted by atomic mass is 32.2. The molecule has 0 saturated heterocycles. The Labute approximate surface area is 145 Å². The number of amides is 1.